The molecule has 0 radical (unpaired) electrons. The van der Waals surface area contributed by atoms with Crippen molar-refractivity contribution in [2.45, 2.75) is 26.9 Å². The quantitative estimate of drug-likeness (QED) is 0.898. The summed E-state index contributed by atoms with van der Waals surface area (Å²) in [4.78, 5) is 8.53. The highest BCUT2D eigenvalue weighted by atomic mass is 16.5. The van der Waals surface area contributed by atoms with Crippen LogP contribution in [0.1, 0.15) is 24.0 Å². The van der Waals surface area contributed by atoms with Crippen molar-refractivity contribution in [1.82, 2.24) is 9.97 Å². The van der Waals surface area contributed by atoms with Crippen LogP contribution in [-0.2, 0) is 13.0 Å². The summed E-state index contributed by atoms with van der Waals surface area (Å²) >= 11 is 0. The summed E-state index contributed by atoms with van der Waals surface area (Å²) in [5.41, 5.74) is 1.69. The lowest BCUT2D eigenvalue weighted by molar-refractivity contribution is 0.276. The molecule has 0 aliphatic carbocycles. The van der Waals surface area contributed by atoms with Crippen molar-refractivity contribution < 1.29 is 9.84 Å². The van der Waals surface area contributed by atoms with Crippen molar-refractivity contribution in [2.75, 3.05) is 0 Å². The predicted octanol–water partition coefficient (Wildman–Crippen LogP) is 2.63. The van der Waals surface area contributed by atoms with Crippen molar-refractivity contribution >= 4 is 0 Å². The van der Waals surface area contributed by atoms with Crippen LogP contribution in [0.2, 0.25) is 0 Å². The maximum Gasteiger partial charge on any atom is 0.222 e. The number of benzene rings is 1. The minimum atomic E-state index is -0.0547. The van der Waals surface area contributed by atoms with Gasteiger partial charge in [-0.1, -0.05) is 25.1 Å². The zero-order valence-electron chi connectivity index (χ0n) is 10.6. The molecule has 0 fully saturated rings. The molecule has 18 heavy (non-hydrogen) atoms. The molecule has 0 spiro atoms. The van der Waals surface area contributed by atoms with Gasteiger partial charge in [-0.25, -0.2) is 4.98 Å². The smallest absolute Gasteiger partial charge is 0.222 e. The number of aryl methyl sites for hydroxylation is 2. The van der Waals surface area contributed by atoms with Gasteiger partial charge in [0, 0.05) is 17.3 Å². The SMILES string of the molecule is CCc1cc(Oc2ccccc2CO)nc(C)n1. The van der Waals surface area contributed by atoms with E-state index in [0.29, 0.717) is 17.5 Å². The third-order valence-electron chi connectivity index (χ3n) is 2.59. The standard InChI is InChI=1S/C14H16N2O2/c1-3-12-8-14(16-10(2)15-12)18-13-7-5-4-6-11(13)9-17/h4-8,17H,3,9H2,1-2H3. The molecule has 94 valence electrons. The van der Waals surface area contributed by atoms with Gasteiger partial charge in [0.15, 0.2) is 0 Å². The van der Waals surface area contributed by atoms with Crippen LogP contribution < -0.4 is 4.74 Å². The lowest BCUT2D eigenvalue weighted by Gasteiger charge is -2.09. The van der Waals surface area contributed by atoms with Crippen LogP contribution in [0.25, 0.3) is 0 Å². The molecular weight excluding hydrogens is 228 g/mol. The molecule has 4 heteroatoms. The second kappa shape index (κ2) is 5.60. The van der Waals surface area contributed by atoms with Crippen LogP contribution in [0.4, 0.5) is 0 Å². The molecule has 0 aliphatic rings. The van der Waals surface area contributed by atoms with Crippen LogP contribution in [-0.4, -0.2) is 15.1 Å². The minimum Gasteiger partial charge on any atom is -0.439 e. The normalized spacial score (nSPS) is 10.4. The fourth-order valence-electron chi connectivity index (χ4n) is 1.68. The third kappa shape index (κ3) is 2.84. The first-order valence-electron chi connectivity index (χ1n) is 5.94. The van der Waals surface area contributed by atoms with E-state index in [9.17, 15) is 5.11 Å². The van der Waals surface area contributed by atoms with Crippen LogP contribution >= 0.6 is 0 Å². The topological polar surface area (TPSA) is 55.2 Å². The highest BCUT2D eigenvalue weighted by Crippen LogP contribution is 2.24. The summed E-state index contributed by atoms with van der Waals surface area (Å²) < 4.78 is 5.71. The molecule has 4 nitrogen and oxygen atoms in total. The predicted molar refractivity (Wildman–Crippen MR) is 68.6 cm³/mol. The Kier molecular flexibility index (Phi) is 3.89. The highest BCUT2D eigenvalue weighted by Gasteiger charge is 2.06. The Morgan fingerprint density at radius 2 is 2.00 bits per heavy atom. The fraction of sp³-hybridized carbons (Fsp3) is 0.286. The first-order chi connectivity index (χ1) is 8.72. The molecule has 0 unspecified atom stereocenters. The third-order valence-corrected chi connectivity index (χ3v) is 2.59. The number of aliphatic hydroxyl groups excluding tert-OH is 1. The Morgan fingerprint density at radius 3 is 2.72 bits per heavy atom. The lowest BCUT2D eigenvalue weighted by atomic mass is 10.2. The monoisotopic (exact) mass is 244 g/mol. The maximum absolute atomic E-state index is 9.24. The van der Waals surface area contributed by atoms with E-state index in [0.717, 1.165) is 17.7 Å². The molecule has 0 saturated heterocycles. The van der Waals surface area contributed by atoms with Gasteiger partial charge < -0.3 is 9.84 Å². The summed E-state index contributed by atoms with van der Waals surface area (Å²) in [7, 11) is 0. The number of rotatable bonds is 4. The zero-order chi connectivity index (χ0) is 13.0. The molecule has 0 aliphatic heterocycles. The lowest BCUT2D eigenvalue weighted by Crippen LogP contribution is -1.98. The van der Waals surface area contributed by atoms with Gasteiger partial charge in [0.05, 0.1) is 6.61 Å². The van der Waals surface area contributed by atoms with Gasteiger partial charge in [-0.3, -0.25) is 0 Å². The molecule has 0 saturated carbocycles. The van der Waals surface area contributed by atoms with Crippen molar-refractivity contribution in [2.24, 2.45) is 0 Å². The summed E-state index contributed by atoms with van der Waals surface area (Å²) in [6, 6.07) is 9.18. The number of nitrogens with zero attached hydrogens (tertiary/aromatic N) is 2. The molecule has 1 aromatic carbocycles. The zero-order valence-corrected chi connectivity index (χ0v) is 10.6. The molecule has 0 bridgehead atoms. The summed E-state index contributed by atoms with van der Waals surface area (Å²) in [5, 5.41) is 9.24. The van der Waals surface area contributed by atoms with Crippen molar-refractivity contribution in [3.05, 3.63) is 47.4 Å². The van der Waals surface area contributed by atoms with Crippen molar-refractivity contribution in [3.8, 4) is 11.6 Å². The number of ether oxygens (including phenoxy) is 1. The van der Waals surface area contributed by atoms with Gasteiger partial charge in [0.1, 0.15) is 11.6 Å². The summed E-state index contributed by atoms with van der Waals surface area (Å²) in [5.74, 6) is 1.83. The summed E-state index contributed by atoms with van der Waals surface area (Å²) in [6.45, 7) is 3.82. The van der Waals surface area contributed by atoms with Crippen LogP contribution in [0.5, 0.6) is 11.6 Å². The van der Waals surface area contributed by atoms with E-state index in [4.69, 9.17) is 4.74 Å². The number of para-hydroxylation sites is 1. The second-order valence-electron chi connectivity index (χ2n) is 3.97. The second-order valence-corrected chi connectivity index (χ2v) is 3.97. The highest BCUT2D eigenvalue weighted by molar-refractivity contribution is 5.35. The minimum absolute atomic E-state index is 0.0547. The van der Waals surface area contributed by atoms with Gasteiger partial charge >= 0.3 is 0 Å². The molecule has 1 N–H and O–H groups in total. The Hall–Kier alpha value is -1.94. The number of aliphatic hydroxyl groups is 1. The van der Waals surface area contributed by atoms with Gasteiger partial charge in [-0.2, -0.15) is 4.98 Å². The van der Waals surface area contributed by atoms with E-state index < -0.39 is 0 Å². The molecular formula is C14H16N2O2. The Balaban J connectivity index is 2.30. The van der Waals surface area contributed by atoms with E-state index in [1.807, 2.05) is 44.2 Å². The van der Waals surface area contributed by atoms with E-state index in [-0.39, 0.29) is 6.61 Å². The van der Waals surface area contributed by atoms with Crippen LogP contribution in [0.15, 0.2) is 30.3 Å². The van der Waals surface area contributed by atoms with Gasteiger partial charge in [-0.05, 0) is 19.4 Å². The van der Waals surface area contributed by atoms with Gasteiger partial charge in [-0.15, -0.1) is 0 Å². The average Bonchev–Trinajstić information content (AvgIpc) is 2.38. The molecule has 1 heterocycles. The molecule has 1 aromatic heterocycles. The van der Waals surface area contributed by atoms with Crippen LogP contribution in [0, 0.1) is 6.92 Å². The van der Waals surface area contributed by atoms with Crippen LogP contribution in [0.3, 0.4) is 0 Å². The number of aromatic nitrogens is 2. The van der Waals surface area contributed by atoms with E-state index >= 15 is 0 Å². The number of hydrogen-bond acceptors (Lipinski definition) is 4. The van der Waals surface area contributed by atoms with E-state index in [1.54, 1.807) is 0 Å². The first kappa shape index (κ1) is 12.5. The molecule has 2 aromatic rings. The van der Waals surface area contributed by atoms with E-state index in [1.165, 1.54) is 0 Å². The summed E-state index contributed by atoms with van der Waals surface area (Å²) in [6.07, 6.45) is 0.835. The van der Waals surface area contributed by atoms with Gasteiger partial charge in [0.25, 0.3) is 0 Å². The van der Waals surface area contributed by atoms with Crippen molar-refractivity contribution in [1.29, 1.82) is 0 Å². The molecule has 2 rings (SSSR count). The Morgan fingerprint density at radius 1 is 1.22 bits per heavy atom. The fourth-order valence-corrected chi connectivity index (χ4v) is 1.68. The van der Waals surface area contributed by atoms with Crippen molar-refractivity contribution in [3.63, 3.8) is 0 Å². The maximum atomic E-state index is 9.24. The average molecular weight is 244 g/mol. The van der Waals surface area contributed by atoms with Gasteiger partial charge in [0.2, 0.25) is 5.88 Å². The molecule has 0 amide bonds. The Bertz CT molecular complexity index is 541. The first-order valence-corrected chi connectivity index (χ1v) is 5.94. The van der Waals surface area contributed by atoms with E-state index in [2.05, 4.69) is 9.97 Å². The Labute approximate surface area is 106 Å². The largest absolute Gasteiger partial charge is 0.439 e. The number of hydrogen-bond donors (Lipinski definition) is 1. The molecule has 0 atom stereocenters.